The Morgan fingerprint density at radius 3 is 2.45 bits per heavy atom. The van der Waals surface area contributed by atoms with Gasteiger partial charge in [0.2, 0.25) is 0 Å². The molecule has 5 nitrogen and oxygen atoms in total. The number of benzene rings is 3. The summed E-state index contributed by atoms with van der Waals surface area (Å²) < 4.78 is 40.9. The van der Waals surface area contributed by atoms with E-state index in [1.807, 2.05) is 36.4 Å². The number of halogens is 2. The Morgan fingerprint density at radius 1 is 1.11 bits per heavy atom. The van der Waals surface area contributed by atoms with Crippen LogP contribution in [0.25, 0.3) is 0 Å². The van der Waals surface area contributed by atoms with Crippen molar-refractivity contribution in [2.75, 3.05) is 6.61 Å². The molecular weight excluding hydrogens is 508 g/mol. The van der Waals surface area contributed by atoms with Crippen LogP contribution in [0.1, 0.15) is 47.4 Å². The summed E-state index contributed by atoms with van der Waals surface area (Å²) in [6, 6.07) is 21.1. The number of nitrogens with one attached hydrogen (secondary N) is 1. The molecule has 4 rings (SSSR count). The van der Waals surface area contributed by atoms with Crippen LogP contribution in [0.2, 0.25) is 0 Å². The van der Waals surface area contributed by atoms with Crippen LogP contribution < -0.4 is 5.32 Å². The molecule has 200 valence electrons. The van der Waals surface area contributed by atoms with Crippen LogP contribution in [0.5, 0.6) is 0 Å². The zero-order valence-electron chi connectivity index (χ0n) is 21.1. The molecule has 0 aliphatic carbocycles. The molecule has 38 heavy (non-hydrogen) atoms. The molecule has 0 radical (unpaired) electrons. The minimum atomic E-state index is -0.904. The van der Waals surface area contributed by atoms with Crippen molar-refractivity contribution >= 4 is 23.0 Å². The van der Waals surface area contributed by atoms with Gasteiger partial charge in [0.1, 0.15) is 17.7 Å². The minimum absolute atomic E-state index is 0.0510. The number of aliphatic hydroxyl groups is 1. The lowest BCUT2D eigenvalue weighted by Gasteiger charge is -2.44. The highest BCUT2D eigenvalue weighted by atomic mass is 32.1. The smallest absolute Gasteiger partial charge is 0.169 e. The zero-order valence-corrected chi connectivity index (χ0v) is 21.9. The third-order valence-corrected chi connectivity index (χ3v) is 6.97. The topological polar surface area (TPSA) is 67.8 Å². The molecule has 1 aliphatic rings. The summed E-state index contributed by atoms with van der Waals surface area (Å²) in [6.45, 7) is 2.26. The van der Waals surface area contributed by atoms with Crippen molar-refractivity contribution < 1.29 is 28.2 Å². The first-order chi connectivity index (χ1) is 18.3. The predicted octanol–water partition coefficient (Wildman–Crippen LogP) is 5.57. The van der Waals surface area contributed by atoms with Crippen molar-refractivity contribution in [3.05, 3.63) is 107 Å². The highest BCUT2D eigenvalue weighted by Crippen LogP contribution is 2.38. The van der Waals surface area contributed by atoms with Crippen LogP contribution in [-0.2, 0) is 16.1 Å². The lowest BCUT2D eigenvalue weighted by molar-refractivity contribution is -0.136. The second-order valence-corrected chi connectivity index (χ2v) is 10.0. The van der Waals surface area contributed by atoms with E-state index in [0.29, 0.717) is 18.6 Å². The quantitative estimate of drug-likeness (QED) is 0.260. The predicted molar refractivity (Wildman–Crippen MR) is 145 cm³/mol. The van der Waals surface area contributed by atoms with E-state index in [4.69, 9.17) is 21.7 Å². The number of hydrogen-bond donors (Lipinski definition) is 2. The van der Waals surface area contributed by atoms with Gasteiger partial charge in [0, 0.05) is 23.1 Å². The zero-order chi connectivity index (χ0) is 27.1. The van der Waals surface area contributed by atoms with E-state index in [9.17, 15) is 18.7 Å². The lowest BCUT2D eigenvalue weighted by atomic mass is 9.80. The van der Waals surface area contributed by atoms with Crippen molar-refractivity contribution in [2.24, 2.45) is 5.92 Å². The second-order valence-electron chi connectivity index (χ2n) is 9.54. The SMILES string of the molecule is C[C@H](O)[C@@H]1C[C@H](COCc2ccccc2)O[C@@H](c2ccc(F)cc2F)C1NC(=S)CC(=O)c1ccccc1. The molecule has 8 heteroatoms. The number of rotatable bonds is 10. The monoisotopic (exact) mass is 539 g/mol. The maximum atomic E-state index is 15.0. The van der Waals surface area contributed by atoms with Crippen molar-refractivity contribution in [1.29, 1.82) is 0 Å². The van der Waals surface area contributed by atoms with E-state index in [2.05, 4.69) is 5.32 Å². The molecular formula is C30H31F2NO4S. The third kappa shape index (κ3) is 7.29. The molecule has 3 aromatic carbocycles. The van der Waals surface area contributed by atoms with Crippen LogP contribution >= 0.6 is 12.2 Å². The Balaban J connectivity index is 1.53. The van der Waals surface area contributed by atoms with Gasteiger partial charge in [-0.2, -0.15) is 0 Å². The summed E-state index contributed by atoms with van der Waals surface area (Å²) in [5, 5.41) is 13.9. The van der Waals surface area contributed by atoms with Crippen LogP contribution in [0, 0.1) is 17.6 Å². The van der Waals surface area contributed by atoms with E-state index in [1.54, 1.807) is 31.2 Å². The summed E-state index contributed by atoms with van der Waals surface area (Å²) in [7, 11) is 0. The lowest BCUT2D eigenvalue weighted by Crippen LogP contribution is -2.54. The number of aliphatic hydroxyl groups excluding tert-OH is 1. The summed E-state index contributed by atoms with van der Waals surface area (Å²) in [6.07, 6.45) is -1.79. The summed E-state index contributed by atoms with van der Waals surface area (Å²) >= 11 is 5.51. The highest BCUT2D eigenvalue weighted by Gasteiger charge is 2.43. The molecule has 5 atom stereocenters. The van der Waals surface area contributed by atoms with Gasteiger partial charge in [0.25, 0.3) is 0 Å². The first-order valence-electron chi connectivity index (χ1n) is 12.6. The summed E-state index contributed by atoms with van der Waals surface area (Å²) in [5.41, 5.74) is 1.67. The van der Waals surface area contributed by atoms with Gasteiger partial charge in [0.05, 0.1) is 42.9 Å². The molecule has 0 spiro atoms. The number of hydrogen-bond acceptors (Lipinski definition) is 5. The molecule has 0 saturated carbocycles. The second kappa shape index (κ2) is 13.2. The van der Waals surface area contributed by atoms with Gasteiger partial charge < -0.3 is 19.9 Å². The number of carbonyl (C=O) groups excluding carboxylic acids is 1. The average molecular weight is 540 g/mol. The molecule has 1 fully saturated rings. The van der Waals surface area contributed by atoms with Crippen LogP contribution in [0.15, 0.2) is 78.9 Å². The largest absolute Gasteiger partial charge is 0.393 e. The van der Waals surface area contributed by atoms with E-state index in [0.717, 1.165) is 11.6 Å². The normalized spacial score (nSPS) is 22.0. The van der Waals surface area contributed by atoms with Gasteiger partial charge in [-0.1, -0.05) is 78.9 Å². The Bertz CT molecular complexity index is 1230. The van der Waals surface area contributed by atoms with Gasteiger partial charge >= 0.3 is 0 Å². The van der Waals surface area contributed by atoms with Crippen LogP contribution in [0.4, 0.5) is 8.78 Å². The van der Waals surface area contributed by atoms with Crippen LogP contribution in [0.3, 0.4) is 0 Å². The Kier molecular flexibility index (Phi) is 9.69. The molecule has 3 aromatic rings. The highest BCUT2D eigenvalue weighted by molar-refractivity contribution is 7.80. The first-order valence-corrected chi connectivity index (χ1v) is 13.0. The fraction of sp³-hybridized carbons (Fsp3) is 0.333. The van der Waals surface area contributed by atoms with Crippen molar-refractivity contribution in [3.63, 3.8) is 0 Å². The van der Waals surface area contributed by atoms with Crippen molar-refractivity contribution in [1.82, 2.24) is 5.32 Å². The number of carbonyl (C=O) groups is 1. The van der Waals surface area contributed by atoms with Crippen molar-refractivity contribution in [2.45, 2.75) is 50.7 Å². The Labute approximate surface area is 226 Å². The number of thiocarbonyl (C=S) groups is 1. The average Bonchev–Trinajstić information content (AvgIpc) is 2.90. The number of Topliss-reactive ketones (excluding diaryl/α,β-unsaturated/α-hetero) is 1. The van der Waals surface area contributed by atoms with Gasteiger partial charge in [-0.05, 0) is 25.0 Å². The van der Waals surface area contributed by atoms with Crippen molar-refractivity contribution in [3.8, 4) is 0 Å². The minimum Gasteiger partial charge on any atom is -0.393 e. The molecule has 1 saturated heterocycles. The molecule has 2 N–H and O–H groups in total. The van der Waals surface area contributed by atoms with E-state index in [-0.39, 0.29) is 29.4 Å². The van der Waals surface area contributed by atoms with E-state index < -0.39 is 41.9 Å². The number of ether oxygens (including phenoxy) is 2. The first kappa shape index (κ1) is 28.0. The molecule has 0 aromatic heterocycles. The van der Waals surface area contributed by atoms with Gasteiger partial charge in [-0.3, -0.25) is 4.79 Å². The fourth-order valence-electron chi connectivity index (χ4n) is 4.80. The maximum absolute atomic E-state index is 15.0. The van der Waals surface area contributed by atoms with Gasteiger partial charge in [-0.25, -0.2) is 8.78 Å². The van der Waals surface area contributed by atoms with E-state index >= 15 is 0 Å². The maximum Gasteiger partial charge on any atom is 0.169 e. The fourth-order valence-corrected chi connectivity index (χ4v) is 5.07. The van der Waals surface area contributed by atoms with Gasteiger partial charge in [-0.15, -0.1) is 0 Å². The standard InChI is InChI=1S/C30H31F2NO4S/c1-19(34)25-15-23(18-36-17-20-8-4-2-5-9-20)37-30(24-13-12-22(31)14-26(24)32)29(25)33-28(38)16-27(35)21-10-6-3-7-11-21/h2-14,19,23,25,29-30,34H,15-18H2,1H3,(H,33,38)/t19-,23+,25-,29?,30-/m0/s1. The summed E-state index contributed by atoms with van der Waals surface area (Å²) in [5.74, 6) is -2.04. The third-order valence-electron chi connectivity index (χ3n) is 6.71. The Hall–Kier alpha value is -3.04. The molecule has 0 bridgehead atoms. The molecule has 1 unspecified atom stereocenters. The number of ketones is 1. The van der Waals surface area contributed by atoms with Gasteiger partial charge in [0.15, 0.2) is 5.78 Å². The Morgan fingerprint density at radius 2 is 1.79 bits per heavy atom. The molecule has 1 aliphatic heterocycles. The van der Waals surface area contributed by atoms with E-state index in [1.165, 1.54) is 12.1 Å². The molecule has 1 heterocycles. The van der Waals surface area contributed by atoms with Crippen LogP contribution in [-0.4, -0.2) is 40.7 Å². The summed E-state index contributed by atoms with van der Waals surface area (Å²) in [4.78, 5) is 13.0. The molecule has 0 amide bonds.